The first-order chi connectivity index (χ1) is 8.20. The summed E-state index contributed by atoms with van der Waals surface area (Å²) in [7, 11) is 0. The first-order valence-corrected chi connectivity index (χ1v) is 5.76. The van der Waals surface area contributed by atoms with E-state index in [2.05, 4.69) is 15.3 Å². The van der Waals surface area contributed by atoms with Gasteiger partial charge >= 0.3 is 0 Å². The minimum absolute atomic E-state index is 0.0337. The molecule has 0 aliphatic heterocycles. The Morgan fingerprint density at radius 1 is 1.47 bits per heavy atom. The van der Waals surface area contributed by atoms with E-state index in [1.54, 1.807) is 10.9 Å². The summed E-state index contributed by atoms with van der Waals surface area (Å²) < 4.78 is 1.78. The summed E-state index contributed by atoms with van der Waals surface area (Å²) in [5, 5.41) is 8.14. The van der Waals surface area contributed by atoms with E-state index in [0.717, 1.165) is 23.4 Å². The lowest BCUT2D eigenvalue weighted by atomic mass is 10.2. The van der Waals surface area contributed by atoms with Crippen molar-refractivity contribution in [2.24, 2.45) is 5.73 Å². The molecule has 0 saturated heterocycles. The van der Waals surface area contributed by atoms with E-state index < -0.39 is 0 Å². The fraction of sp³-hybridized carbons (Fsp3) is 0.417. The van der Waals surface area contributed by atoms with Gasteiger partial charge in [-0.05, 0) is 25.0 Å². The van der Waals surface area contributed by atoms with E-state index in [-0.39, 0.29) is 6.04 Å². The summed E-state index contributed by atoms with van der Waals surface area (Å²) in [4.78, 5) is 4.33. The molecule has 0 bridgehead atoms. The van der Waals surface area contributed by atoms with Crippen LogP contribution in [0, 0.1) is 6.92 Å². The van der Waals surface area contributed by atoms with Crippen molar-refractivity contribution in [1.82, 2.24) is 20.0 Å². The van der Waals surface area contributed by atoms with E-state index in [1.807, 2.05) is 32.2 Å². The molecule has 90 valence electrons. The van der Waals surface area contributed by atoms with Crippen LogP contribution in [-0.2, 0) is 6.54 Å². The highest BCUT2D eigenvalue weighted by atomic mass is 15.4. The largest absolute Gasteiger partial charge is 0.323 e. The normalized spacial score (nSPS) is 12.6. The lowest BCUT2D eigenvalue weighted by Crippen LogP contribution is -2.09. The van der Waals surface area contributed by atoms with Gasteiger partial charge in [-0.1, -0.05) is 18.2 Å². The van der Waals surface area contributed by atoms with Crippen LogP contribution in [0.1, 0.15) is 36.3 Å². The number of aromatic nitrogens is 4. The van der Waals surface area contributed by atoms with Crippen molar-refractivity contribution in [3.05, 3.63) is 41.5 Å². The number of nitrogens with two attached hydrogens (primary N) is 1. The van der Waals surface area contributed by atoms with E-state index in [0.29, 0.717) is 6.54 Å². The van der Waals surface area contributed by atoms with Gasteiger partial charge in [0.25, 0.3) is 0 Å². The Labute approximate surface area is 101 Å². The Hall–Kier alpha value is -1.75. The molecule has 0 fully saturated rings. The van der Waals surface area contributed by atoms with Gasteiger partial charge < -0.3 is 5.73 Å². The summed E-state index contributed by atoms with van der Waals surface area (Å²) in [6, 6.07) is 3.94. The minimum Gasteiger partial charge on any atom is -0.323 e. The van der Waals surface area contributed by atoms with Gasteiger partial charge in [-0.2, -0.15) is 0 Å². The number of aryl methyl sites for hydroxylation is 1. The molecular formula is C12H17N5. The Balaban J connectivity index is 2.14. The second kappa shape index (κ2) is 5.05. The molecule has 0 amide bonds. The van der Waals surface area contributed by atoms with Gasteiger partial charge in [-0.25, -0.2) is 4.68 Å². The Morgan fingerprint density at radius 2 is 2.29 bits per heavy atom. The number of pyridine rings is 1. The molecule has 0 saturated carbocycles. The molecular weight excluding hydrogens is 214 g/mol. The first kappa shape index (κ1) is 11.7. The van der Waals surface area contributed by atoms with Crippen molar-refractivity contribution in [2.75, 3.05) is 0 Å². The zero-order valence-corrected chi connectivity index (χ0v) is 10.2. The molecule has 2 heterocycles. The average Bonchev–Trinajstić information content (AvgIpc) is 2.80. The van der Waals surface area contributed by atoms with Crippen LogP contribution in [0.15, 0.2) is 24.5 Å². The van der Waals surface area contributed by atoms with Crippen molar-refractivity contribution in [3.63, 3.8) is 0 Å². The highest BCUT2D eigenvalue weighted by Crippen LogP contribution is 2.10. The van der Waals surface area contributed by atoms with Crippen molar-refractivity contribution in [3.8, 4) is 0 Å². The zero-order valence-electron chi connectivity index (χ0n) is 10.2. The predicted octanol–water partition coefficient (Wildman–Crippen LogP) is 1.44. The first-order valence-electron chi connectivity index (χ1n) is 5.76. The molecule has 1 unspecified atom stereocenters. The molecule has 0 aliphatic rings. The summed E-state index contributed by atoms with van der Waals surface area (Å²) in [5.41, 5.74) is 8.90. The fourth-order valence-electron chi connectivity index (χ4n) is 1.61. The Morgan fingerprint density at radius 3 is 3.00 bits per heavy atom. The highest BCUT2D eigenvalue weighted by molar-refractivity contribution is 5.17. The van der Waals surface area contributed by atoms with Gasteiger partial charge in [0.1, 0.15) is 0 Å². The van der Waals surface area contributed by atoms with E-state index >= 15 is 0 Å². The van der Waals surface area contributed by atoms with Crippen molar-refractivity contribution in [2.45, 2.75) is 32.9 Å². The summed E-state index contributed by atoms with van der Waals surface area (Å²) in [6.07, 6.45) is 4.54. The summed E-state index contributed by atoms with van der Waals surface area (Å²) in [5.74, 6) is 0. The molecule has 0 spiro atoms. The van der Waals surface area contributed by atoms with Gasteiger partial charge in [-0.3, -0.25) is 4.98 Å². The molecule has 17 heavy (non-hydrogen) atoms. The standard InChI is InChI=1S/C12H17N5/c1-3-10(13)12-8-17(16-15-12)7-11-9(2)5-4-6-14-11/h4-6,8,10H,3,7,13H2,1-2H3. The maximum atomic E-state index is 5.90. The number of hydrogen-bond donors (Lipinski definition) is 1. The summed E-state index contributed by atoms with van der Waals surface area (Å²) >= 11 is 0. The number of hydrogen-bond acceptors (Lipinski definition) is 4. The second-order valence-electron chi connectivity index (χ2n) is 4.12. The minimum atomic E-state index is -0.0337. The lowest BCUT2D eigenvalue weighted by Gasteiger charge is -2.04. The van der Waals surface area contributed by atoms with Crippen LogP contribution in [0.3, 0.4) is 0 Å². The third-order valence-electron chi connectivity index (χ3n) is 2.81. The molecule has 5 heteroatoms. The maximum Gasteiger partial charge on any atom is 0.0994 e. The van der Waals surface area contributed by atoms with Crippen LogP contribution in [0.4, 0.5) is 0 Å². The van der Waals surface area contributed by atoms with Crippen molar-refractivity contribution >= 4 is 0 Å². The number of nitrogens with zero attached hydrogens (tertiary/aromatic N) is 4. The molecule has 1 atom stereocenters. The van der Waals surface area contributed by atoms with Gasteiger partial charge in [0.15, 0.2) is 0 Å². The van der Waals surface area contributed by atoms with Crippen molar-refractivity contribution < 1.29 is 0 Å². The maximum absolute atomic E-state index is 5.90. The van der Waals surface area contributed by atoms with Gasteiger partial charge in [0.2, 0.25) is 0 Å². The fourth-order valence-corrected chi connectivity index (χ4v) is 1.61. The van der Waals surface area contributed by atoms with Gasteiger partial charge in [0.05, 0.1) is 30.2 Å². The highest BCUT2D eigenvalue weighted by Gasteiger charge is 2.09. The molecule has 0 aliphatic carbocycles. The molecule has 2 N–H and O–H groups in total. The third kappa shape index (κ3) is 2.68. The van der Waals surface area contributed by atoms with E-state index in [9.17, 15) is 0 Å². The van der Waals surface area contributed by atoms with Gasteiger partial charge in [-0.15, -0.1) is 5.10 Å². The van der Waals surface area contributed by atoms with Gasteiger partial charge in [0, 0.05) is 6.20 Å². The van der Waals surface area contributed by atoms with E-state index in [1.165, 1.54) is 0 Å². The monoisotopic (exact) mass is 231 g/mol. The van der Waals surface area contributed by atoms with Crippen LogP contribution in [0.2, 0.25) is 0 Å². The molecule has 0 aromatic carbocycles. The molecule has 5 nitrogen and oxygen atoms in total. The second-order valence-corrected chi connectivity index (χ2v) is 4.12. The molecule has 0 radical (unpaired) electrons. The van der Waals surface area contributed by atoms with Crippen LogP contribution in [0.25, 0.3) is 0 Å². The van der Waals surface area contributed by atoms with Crippen LogP contribution >= 0.6 is 0 Å². The van der Waals surface area contributed by atoms with E-state index in [4.69, 9.17) is 5.73 Å². The topological polar surface area (TPSA) is 69.6 Å². The van der Waals surface area contributed by atoms with Crippen LogP contribution in [-0.4, -0.2) is 20.0 Å². The van der Waals surface area contributed by atoms with Crippen LogP contribution < -0.4 is 5.73 Å². The number of rotatable bonds is 4. The SMILES string of the molecule is CCC(N)c1cn(Cc2ncccc2C)nn1. The lowest BCUT2D eigenvalue weighted by molar-refractivity contribution is 0.633. The summed E-state index contributed by atoms with van der Waals surface area (Å²) in [6.45, 7) is 4.71. The zero-order chi connectivity index (χ0) is 12.3. The third-order valence-corrected chi connectivity index (χ3v) is 2.81. The quantitative estimate of drug-likeness (QED) is 0.864. The Bertz CT molecular complexity index is 491. The molecule has 2 aromatic heterocycles. The molecule has 2 rings (SSSR count). The molecule has 2 aromatic rings. The van der Waals surface area contributed by atoms with Crippen molar-refractivity contribution in [1.29, 1.82) is 0 Å². The van der Waals surface area contributed by atoms with Crippen LogP contribution in [0.5, 0.6) is 0 Å². The predicted molar refractivity (Wildman–Crippen MR) is 65.3 cm³/mol. The smallest absolute Gasteiger partial charge is 0.0994 e. The average molecular weight is 231 g/mol. The Kier molecular flexibility index (Phi) is 3.49.